The van der Waals surface area contributed by atoms with Crippen molar-refractivity contribution in [3.63, 3.8) is 0 Å². The Kier molecular flexibility index (Phi) is 7.87. The smallest absolute Gasteiger partial charge is 0.355 e. The molecule has 0 aliphatic carbocycles. The van der Waals surface area contributed by atoms with Gasteiger partial charge in [0.2, 0.25) is 11.8 Å². The molecule has 0 heterocycles. The van der Waals surface area contributed by atoms with E-state index >= 15 is 0 Å². The van der Waals surface area contributed by atoms with Crippen molar-refractivity contribution in [3.8, 4) is 0 Å². The van der Waals surface area contributed by atoms with Gasteiger partial charge in [0.05, 0.1) is 0 Å². The number of nitrogens with one attached hydrogen (secondary N) is 3. The molecule has 0 spiro atoms. The van der Waals surface area contributed by atoms with E-state index in [1.807, 2.05) is 6.07 Å². The normalized spacial score (nSPS) is 11.8. The number of esters is 1. The summed E-state index contributed by atoms with van der Waals surface area (Å²) in [6.45, 7) is 4.09. The molecule has 3 N–H and O–H groups in total. The molecule has 0 unspecified atom stereocenters. The van der Waals surface area contributed by atoms with Crippen molar-refractivity contribution in [2.45, 2.75) is 26.9 Å². The average Bonchev–Trinajstić information content (AvgIpc) is 2.69. The Balaban J connectivity index is 2.02. The van der Waals surface area contributed by atoms with Crippen LogP contribution >= 0.6 is 0 Å². The van der Waals surface area contributed by atoms with E-state index in [0.29, 0.717) is 16.9 Å². The zero-order valence-electron chi connectivity index (χ0n) is 16.9. The molecule has 0 saturated heterocycles. The van der Waals surface area contributed by atoms with Gasteiger partial charge in [0.1, 0.15) is 5.70 Å². The van der Waals surface area contributed by atoms with E-state index in [4.69, 9.17) is 4.74 Å². The second-order valence-corrected chi connectivity index (χ2v) is 6.45. The molecule has 0 aliphatic heterocycles. The molecule has 0 radical (unpaired) electrons. The molecule has 0 aliphatic rings. The van der Waals surface area contributed by atoms with Crippen molar-refractivity contribution in [1.82, 2.24) is 5.32 Å². The van der Waals surface area contributed by atoms with Crippen molar-refractivity contribution in [3.05, 3.63) is 65.9 Å². The molecule has 0 fully saturated rings. The first-order chi connectivity index (χ1) is 14.2. The zero-order chi connectivity index (χ0) is 22.1. The lowest BCUT2D eigenvalue weighted by atomic mass is 10.2. The van der Waals surface area contributed by atoms with E-state index in [-0.39, 0.29) is 11.6 Å². The maximum absolute atomic E-state index is 12.5. The van der Waals surface area contributed by atoms with Crippen molar-refractivity contribution >= 4 is 41.1 Å². The summed E-state index contributed by atoms with van der Waals surface area (Å²) in [5, 5.41) is 7.67. The first-order valence-corrected chi connectivity index (χ1v) is 9.18. The number of hydrogen-bond donors (Lipinski definition) is 3. The van der Waals surface area contributed by atoms with Crippen molar-refractivity contribution < 1.29 is 23.9 Å². The number of benzene rings is 2. The van der Waals surface area contributed by atoms with E-state index in [0.717, 1.165) is 0 Å². The van der Waals surface area contributed by atoms with E-state index in [9.17, 15) is 19.2 Å². The fourth-order valence-electron chi connectivity index (χ4n) is 2.41. The van der Waals surface area contributed by atoms with Crippen LogP contribution in [0.1, 0.15) is 26.3 Å². The van der Waals surface area contributed by atoms with Crippen LogP contribution in [0.15, 0.2) is 60.3 Å². The Morgan fingerprint density at radius 3 is 1.93 bits per heavy atom. The molecule has 30 heavy (non-hydrogen) atoms. The highest BCUT2D eigenvalue weighted by atomic mass is 16.5. The molecule has 1 atom stereocenters. The molecule has 3 amide bonds. The molecular weight excluding hydrogens is 386 g/mol. The van der Waals surface area contributed by atoms with Crippen LogP contribution in [0.25, 0.3) is 6.08 Å². The van der Waals surface area contributed by atoms with Gasteiger partial charge in [-0.15, -0.1) is 0 Å². The molecule has 156 valence electrons. The number of carbonyl (C=O) groups excluding carboxylic acids is 4. The van der Waals surface area contributed by atoms with Crippen LogP contribution in [0.2, 0.25) is 0 Å². The summed E-state index contributed by atoms with van der Waals surface area (Å²) in [7, 11) is 0. The summed E-state index contributed by atoms with van der Waals surface area (Å²) >= 11 is 0. The highest BCUT2D eigenvalue weighted by molar-refractivity contribution is 6.00. The number of amides is 3. The predicted molar refractivity (Wildman–Crippen MR) is 113 cm³/mol. The fourth-order valence-corrected chi connectivity index (χ4v) is 2.41. The van der Waals surface area contributed by atoms with Crippen molar-refractivity contribution in [2.75, 3.05) is 10.6 Å². The van der Waals surface area contributed by atoms with Gasteiger partial charge in [0, 0.05) is 25.2 Å². The largest absolute Gasteiger partial charge is 0.448 e. The molecule has 8 heteroatoms. The Morgan fingerprint density at radius 2 is 1.40 bits per heavy atom. The van der Waals surface area contributed by atoms with Crippen LogP contribution in [0, 0.1) is 0 Å². The summed E-state index contributed by atoms with van der Waals surface area (Å²) in [5.74, 6) is -2.02. The number of carbonyl (C=O) groups is 4. The molecular formula is C22H23N3O5. The van der Waals surface area contributed by atoms with Crippen LogP contribution in [0.4, 0.5) is 11.4 Å². The minimum atomic E-state index is -1.11. The highest BCUT2D eigenvalue weighted by Gasteiger charge is 2.21. The lowest BCUT2D eigenvalue weighted by Gasteiger charge is -2.15. The van der Waals surface area contributed by atoms with Gasteiger partial charge in [0.25, 0.3) is 5.91 Å². The minimum Gasteiger partial charge on any atom is -0.448 e. The van der Waals surface area contributed by atoms with Gasteiger partial charge in [0.15, 0.2) is 6.10 Å². The molecule has 0 saturated carbocycles. The topological polar surface area (TPSA) is 114 Å². The van der Waals surface area contributed by atoms with Gasteiger partial charge < -0.3 is 20.7 Å². The summed E-state index contributed by atoms with van der Waals surface area (Å²) in [5.41, 5.74) is 1.67. The lowest BCUT2D eigenvalue weighted by molar-refractivity contribution is -0.149. The standard InChI is InChI=1S/C22H23N3O5/c1-14(21(28)25-19-11-9-18(10-12-19)23-15(2)26)30-22(29)20(24-16(3)27)13-17-7-5-4-6-8-17/h4-14H,1-3H3,(H,23,26)(H,24,27)(H,25,28)/b20-13-/t14-/m1/s1. The van der Waals surface area contributed by atoms with Crippen molar-refractivity contribution in [1.29, 1.82) is 0 Å². The van der Waals surface area contributed by atoms with Gasteiger partial charge >= 0.3 is 5.97 Å². The molecule has 0 aromatic heterocycles. The monoisotopic (exact) mass is 409 g/mol. The molecule has 2 aromatic rings. The summed E-state index contributed by atoms with van der Waals surface area (Å²) in [6, 6.07) is 15.4. The van der Waals surface area contributed by atoms with E-state index in [1.165, 1.54) is 26.8 Å². The third kappa shape index (κ3) is 7.23. The van der Waals surface area contributed by atoms with Gasteiger partial charge in [-0.05, 0) is 42.8 Å². The third-order valence-corrected chi connectivity index (χ3v) is 3.77. The van der Waals surface area contributed by atoms with Crippen LogP contribution in [-0.4, -0.2) is 29.8 Å². The fraction of sp³-hybridized carbons (Fsp3) is 0.182. The van der Waals surface area contributed by atoms with Crippen molar-refractivity contribution in [2.24, 2.45) is 0 Å². The van der Waals surface area contributed by atoms with E-state index in [2.05, 4.69) is 16.0 Å². The first kappa shape index (κ1) is 22.4. The molecule has 2 rings (SSSR count). The Morgan fingerprint density at radius 1 is 0.833 bits per heavy atom. The maximum atomic E-state index is 12.5. The van der Waals surface area contributed by atoms with E-state index in [1.54, 1.807) is 48.5 Å². The quantitative estimate of drug-likeness (QED) is 0.481. The van der Waals surface area contributed by atoms with Crippen LogP contribution in [0.5, 0.6) is 0 Å². The minimum absolute atomic E-state index is 0.0759. The lowest BCUT2D eigenvalue weighted by Crippen LogP contribution is -2.33. The first-order valence-electron chi connectivity index (χ1n) is 9.18. The Bertz CT molecular complexity index is 952. The average molecular weight is 409 g/mol. The highest BCUT2D eigenvalue weighted by Crippen LogP contribution is 2.14. The second kappa shape index (κ2) is 10.6. The van der Waals surface area contributed by atoms with Gasteiger partial charge in [-0.25, -0.2) is 4.79 Å². The molecule has 0 bridgehead atoms. The number of anilines is 2. The Hall–Kier alpha value is -3.94. The van der Waals surface area contributed by atoms with Crippen LogP contribution < -0.4 is 16.0 Å². The van der Waals surface area contributed by atoms with Crippen LogP contribution in [0.3, 0.4) is 0 Å². The maximum Gasteiger partial charge on any atom is 0.355 e. The zero-order valence-corrected chi connectivity index (χ0v) is 16.9. The van der Waals surface area contributed by atoms with Gasteiger partial charge in [-0.2, -0.15) is 0 Å². The molecule has 2 aromatic carbocycles. The number of rotatable bonds is 7. The van der Waals surface area contributed by atoms with Crippen LogP contribution in [-0.2, 0) is 23.9 Å². The van der Waals surface area contributed by atoms with Gasteiger partial charge in [-0.3, -0.25) is 14.4 Å². The SMILES string of the molecule is CC(=O)N/C(=C\c1ccccc1)C(=O)O[C@H](C)C(=O)Nc1ccc(NC(C)=O)cc1. The summed E-state index contributed by atoms with van der Waals surface area (Å²) < 4.78 is 5.20. The molecule has 8 nitrogen and oxygen atoms in total. The summed E-state index contributed by atoms with van der Waals surface area (Å²) in [6.07, 6.45) is 0.357. The van der Waals surface area contributed by atoms with E-state index < -0.39 is 23.9 Å². The predicted octanol–water partition coefficient (Wildman–Crippen LogP) is 2.69. The number of hydrogen-bond acceptors (Lipinski definition) is 5. The third-order valence-electron chi connectivity index (χ3n) is 3.77. The second-order valence-electron chi connectivity index (χ2n) is 6.45. The van der Waals surface area contributed by atoms with Gasteiger partial charge in [-0.1, -0.05) is 30.3 Å². The Labute approximate surface area is 174 Å². The summed E-state index contributed by atoms with van der Waals surface area (Å²) in [4.78, 5) is 47.3. The number of ether oxygens (including phenoxy) is 1.